The molecule has 230 valence electrons. The van der Waals surface area contributed by atoms with Crippen LogP contribution in [0.1, 0.15) is 68.9 Å². The van der Waals surface area contributed by atoms with Crippen LogP contribution in [0.25, 0.3) is 5.82 Å². The fourth-order valence-electron chi connectivity index (χ4n) is 4.35. The quantitative estimate of drug-likeness (QED) is 0.376. The molecule has 0 unspecified atom stereocenters. The molecular weight excluding hydrogens is 575 g/mol. The van der Waals surface area contributed by atoms with E-state index in [1.807, 2.05) is 4.72 Å². The Bertz CT molecular complexity index is 1750. The summed E-state index contributed by atoms with van der Waals surface area (Å²) in [7, 11) is -2.89. The highest BCUT2D eigenvalue weighted by Gasteiger charge is 2.48. The van der Waals surface area contributed by atoms with Gasteiger partial charge in [0.25, 0.3) is 15.9 Å². The summed E-state index contributed by atoms with van der Waals surface area (Å²) in [6.45, 7) is 6.78. The average molecular weight is 616 g/mol. The van der Waals surface area contributed by atoms with E-state index in [0.29, 0.717) is 0 Å². The van der Waals surface area contributed by atoms with Gasteiger partial charge in [-0.05, 0) is 59.0 Å². The molecule has 4 rings (SSSR count). The number of halogens is 3. The number of carbonyl (C=O) groups is 1. The number of nitrogens with one attached hydrogen (secondary N) is 1. The fraction of sp³-hybridized carbons (Fsp3) is 0.556. The van der Waals surface area contributed by atoms with Crippen LogP contribution in [0.4, 0.5) is 19.0 Å². The second-order valence-electron chi connectivity index (χ2n) is 11.2. The molecule has 1 saturated heterocycles. The van der Waals surface area contributed by atoms with E-state index in [4.69, 9.17) is 10.2 Å². The predicted molar refractivity (Wildman–Crippen MR) is 149 cm³/mol. The molecule has 0 radical (unpaired) electrons. The Labute approximate surface area is 248 Å². The molecule has 3 aromatic rings. The van der Waals surface area contributed by atoms with Gasteiger partial charge in [0.05, 0.1) is 16.7 Å². The van der Waals surface area contributed by atoms with Crippen molar-refractivity contribution in [1.82, 2.24) is 29.3 Å². The van der Waals surface area contributed by atoms with E-state index in [1.54, 1.807) is 0 Å². The Morgan fingerprint density at radius 3 is 2.52 bits per heavy atom. The number of aromatic nitrogens is 5. The van der Waals surface area contributed by atoms with Crippen molar-refractivity contribution >= 4 is 21.7 Å². The molecule has 0 aliphatic carbocycles. The molecule has 1 atom stereocenters. The van der Waals surface area contributed by atoms with Gasteiger partial charge in [-0.3, -0.25) is 9.48 Å². The molecule has 0 saturated carbocycles. The molecule has 4 heterocycles. The van der Waals surface area contributed by atoms with Gasteiger partial charge in [0.1, 0.15) is 17.3 Å². The zero-order valence-electron chi connectivity index (χ0n) is 28.2. The lowest BCUT2D eigenvalue weighted by molar-refractivity contribution is -0.219. The summed E-state index contributed by atoms with van der Waals surface area (Å²) >= 11 is 0. The molecular formula is C27H36F3N7O4S. The van der Waals surface area contributed by atoms with Gasteiger partial charge in [0.2, 0.25) is 5.88 Å². The Balaban J connectivity index is 1.78. The molecule has 1 amide bonds. The van der Waals surface area contributed by atoms with Gasteiger partial charge < -0.3 is 9.64 Å². The second-order valence-corrected chi connectivity index (χ2v) is 12.8. The first kappa shape index (κ1) is 26.0. The Kier molecular flexibility index (Phi) is 6.76. The molecule has 1 N–H and O–H groups in total. The minimum Gasteiger partial charge on any atom is -0.476 e. The van der Waals surface area contributed by atoms with Crippen molar-refractivity contribution in [3.63, 3.8) is 0 Å². The van der Waals surface area contributed by atoms with Gasteiger partial charge >= 0.3 is 6.18 Å². The minimum absolute atomic E-state index is 0.0433. The second kappa shape index (κ2) is 10.9. The van der Waals surface area contributed by atoms with E-state index in [-0.39, 0.29) is 40.2 Å². The summed E-state index contributed by atoms with van der Waals surface area (Å²) in [6.07, 6.45) is -6.07. The Morgan fingerprint density at radius 2 is 1.95 bits per heavy atom. The standard InChI is InChI=1S/C27H36F3N7O4S/c1-8-18-13-26(5,6)36(14-18)23-19(24(38)34-42(39,40)20-15-35(7)32-17(20)2)9-10-21(31-23)37-12-11-22(33-37)41-16-25(3,4)27(28,29)30/h9-12,15,18H,8,13-14,16H2,1-7H3,(H,34,38)/t18-/m0/s1/i8D2,13D2. The zero-order valence-corrected chi connectivity index (χ0v) is 25.1. The van der Waals surface area contributed by atoms with Gasteiger partial charge in [0, 0.05) is 43.1 Å². The van der Waals surface area contributed by atoms with Crippen molar-refractivity contribution in [3.8, 4) is 11.7 Å². The lowest BCUT2D eigenvalue weighted by Gasteiger charge is -2.34. The Morgan fingerprint density at radius 1 is 1.26 bits per heavy atom. The first-order chi connectivity index (χ1) is 20.8. The largest absolute Gasteiger partial charge is 0.476 e. The van der Waals surface area contributed by atoms with E-state index >= 15 is 0 Å². The van der Waals surface area contributed by atoms with Crippen molar-refractivity contribution in [3.05, 3.63) is 41.9 Å². The smallest absolute Gasteiger partial charge is 0.397 e. The average Bonchev–Trinajstić information content (AvgIpc) is 3.56. The van der Waals surface area contributed by atoms with Crippen LogP contribution in [-0.4, -0.2) is 63.7 Å². The number of ether oxygens (including phenoxy) is 1. The van der Waals surface area contributed by atoms with E-state index in [0.717, 1.165) is 13.8 Å². The number of aryl methyl sites for hydroxylation is 2. The lowest BCUT2D eigenvalue weighted by Crippen LogP contribution is -2.41. The molecule has 0 aromatic carbocycles. The monoisotopic (exact) mass is 615 g/mol. The maximum absolute atomic E-state index is 13.6. The number of alkyl halides is 3. The predicted octanol–water partition coefficient (Wildman–Crippen LogP) is 4.41. The van der Waals surface area contributed by atoms with E-state index in [9.17, 15) is 26.4 Å². The van der Waals surface area contributed by atoms with Gasteiger partial charge in [-0.1, -0.05) is 13.3 Å². The summed E-state index contributed by atoms with van der Waals surface area (Å²) < 4.78 is 110. The highest BCUT2D eigenvalue weighted by Crippen LogP contribution is 2.40. The molecule has 1 aliphatic rings. The van der Waals surface area contributed by atoms with Crippen LogP contribution < -0.4 is 14.4 Å². The van der Waals surface area contributed by atoms with Crippen LogP contribution >= 0.6 is 0 Å². The number of nitrogens with zero attached hydrogens (tertiary/aromatic N) is 6. The molecule has 3 aromatic heterocycles. The molecule has 0 spiro atoms. The van der Waals surface area contributed by atoms with Crippen LogP contribution in [0.2, 0.25) is 0 Å². The molecule has 1 fully saturated rings. The van der Waals surface area contributed by atoms with Crippen molar-refractivity contribution in [2.75, 3.05) is 18.1 Å². The number of hydrogen-bond acceptors (Lipinski definition) is 8. The van der Waals surface area contributed by atoms with Gasteiger partial charge in [-0.15, -0.1) is 5.10 Å². The van der Waals surface area contributed by atoms with Crippen LogP contribution in [0.3, 0.4) is 0 Å². The summed E-state index contributed by atoms with van der Waals surface area (Å²) in [5, 5.41) is 8.15. The third-order valence-corrected chi connectivity index (χ3v) is 8.34. The molecule has 1 aliphatic heterocycles. The SMILES string of the molecule is [2H]C([2H])(C)[C@@H]1CN(c2nc(-n3ccc(OCC(C)(C)C(F)(F)F)n3)ccc2C(=O)NS(=O)(=O)c2cn(C)nc2C)C(C)(C)C1([2H])[2H]. The van der Waals surface area contributed by atoms with Crippen LogP contribution in [0, 0.1) is 18.3 Å². The number of carbonyl (C=O) groups excluding carboxylic acids is 1. The fourth-order valence-corrected chi connectivity index (χ4v) is 5.53. The number of hydrogen-bond donors (Lipinski definition) is 1. The van der Waals surface area contributed by atoms with Crippen molar-refractivity contribution in [2.45, 2.75) is 70.9 Å². The number of rotatable bonds is 9. The molecule has 42 heavy (non-hydrogen) atoms. The van der Waals surface area contributed by atoms with E-state index in [1.165, 1.54) is 79.6 Å². The van der Waals surface area contributed by atoms with Gasteiger partial charge in [-0.25, -0.2) is 22.8 Å². The first-order valence-corrected chi connectivity index (χ1v) is 14.4. The van der Waals surface area contributed by atoms with E-state index in [2.05, 4.69) is 15.2 Å². The number of amides is 1. The maximum Gasteiger partial charge on any atom is 0.397 e. The maximum atomic E-state index is 13.6. The van der Waals surface area contributed by atoms with Crippen molar-refractivity contribution in [1.29, 1.82) is 0 Å². The summed E-state index contributed by atoms with van der Waals surface area (Å²) in [4.78, 5) is 19.3. The first-order valence-electron chi connectivity index (χ1n) is 14.9. The van der Waals surface area contributed by atoms with Crippen molar-refractivity contribution < 1.29 is 36.6 Å². The lowest BCUT2D eigenvalue weighted by atomic mass is 9.94. The molecule has 15 heteroatoms. The van der Waals surface area contributed by atoms with Crippen LogP contribution in [-0.2, 0) is 17.1 Å². The topological polar surface area (TPSA) is 124 Å². The van der Waals surface area contributed by atoms with Gasteiger partial charge in [0.15, 0.2) is 5.82 Å². The molecule has 0 bridgehead atoms. The molecule has 11 nitrogen and oxygen atoms in total. The summed E-state index contributed by atoms with van der Waals surface area (Å²) in [5.74, 6) is -2.53. The van der Waals surface area contributed by atoms with Crippen LogP contribution in [0.5, 0.6) is 5.88 Å². The van der Waals surface area contributed by atoms with E-state index < -0.39 is 58.3 Å². The number of sulfonamides is 1. The summed E-state index contributed by atoms with van der Waals surface area (Å²) in [6, 6.07) is 3.90. The highest BCUT2D eigenvalue weighted by molar-refractivity contribution is 7.90. The zero-order chi connectivity index (χ0) is 34.8. The highest BCUT2D eigenvalue weighted by atomic mass is 32.2. The normalized spacial score (nSPS) is 20.4. The third kappa shape index (κ3) is 6.25. The summed E-state index contributed by atoms with van der Waals surface area (Å²) in [5.41, 5.74) is -3.73. The van der Waals surface area contributed by atoms with Crippen LogP contribution in [0.15, 0.2) is 35.5 Å². The van der Waals surface area contributed by atoms with Gasteiger partial charge in [-0.2, -0.15) is 18.3 Å². The minimum atomic E-state index is -4.52. The number of anilines is 1. The third-order valence-electron chi connectivity index (χ3n) is 6.91. The number of pyridine rings is 1. The van der Waals surface area contributed by atoms with Crippen molar-refractivity contribution in [2.24, 2.45) is 18.4 Å². The Hall–Kier alpha value is -3.62.